The Morgan fingerprint density at radius 2 is 1.69 bits per heavy atom. The van der Waals surface area contributed by atoms with Gasteiger partial charge in [0.25, 0.3) is 5.91 Å². The third-order valence-corrected chi connectivity index (χ3v) is 7.03. The second-order valence-corrected chi connectivity index (χ2v) is 9.34. The van der Waals surface area contributed by atoms with Crippen molar-refractivity contribution in [2.45, 2.75) is 37.3 Å². The van der Waals surface area contributed by atoms with Gasteiger partial charge in [0.1, 0.15) is 11.5 Å². The number of phenolic OH excluding ortho intramolecular Hbond substituents is 1. The number of rotatable bonds is 5. The van der Waals surface area contributed by atoms with Crippen LogP contribution < -0.4 is 15.4 Å². The van der Waals surface area contributed by atoms with Crippen LogP contribution in [0.1, 0.15) is 25.7 Å². The molecule has 35 heavy (non-hydrogen) atoms. The molecule has 3 heterocycles. The Morgan fingerprint density at radius 1 is 1.00 bits per heavy atom. The fourth-order valence-electron chi connectivity index (χ4n) is 4.94. The molecule has 1 amide bonds. The Hall–Kier alpha value is -3.65. The lowest BCUT2D eigenvalue weighted by molar-refractivity contribution is -0.151. The molecule has 3 aromatic rings. The molecule has 0 radical (unpaired) electrons. The van der Waals surface area contributed by atoms with Crippen molar-refractivity contribution < 1.29 is 14.6 Å². The van der Waals surface area contributed by atoms with Crippen molar-refractivity contribution in [3.8, 4) is 22.8 Å². The van der Waals surface area contributed by atoms with E-state index in [0.717, 1.165) is 18.5 Å². The van der Waals surface area contributed by atoms with Gasteiger partial charge in [0.2, 0.25) is 0 Å². The van der Waals surface area contributed by atoms with Crippen LogP contribution in [0, 0.1) is 0 Å². The third kappa shape index (κ3) is 4.93. The number of ether oxygens (including phenoxy) is 1. The van der Waals surface area contributed by atoms with Crippen LogP contribution >= 0.6 is 0 Å². The predicted octanol–water partition coefficient (Wildman–Crippen LogP) is 3.22. The maximum Gasteiger partial charge on any atom is 0.266 e. The summed E-state index contributed by atoms with van der Waals surface area (Å²) in [7, 11) is 0. The number of nitrogens with two attached hydrogens (primary N) is 1. The lowest BCUT2D eigenvalue weighted by Crippen LogP contribution is -2.60. The quantitative estimate of drug-likeness (QED) is 0.586. The van der Waals surface area contributed by atoms with Gasteiger partial charge in [-0.15, -0.1) is 0 Å². The van der Waals surface area contributed by atoms with Crippen LogP contribution in [-0.2, 0) is 4.79 Å². The summed E-state index contributed by atoms with van der Waals surface area (Å²) in [4.78, 5) is 17.9. The van der Waals surface area contributed by atoms with Crippen molar-refractivity contribution in [2.24, 2.45) is 5.73 Å². The number of para-hydroxylation sites is 2. The van der Waals surface area contributed by atoms with Crippen LogP contribution in [-0.4, -0.2) is 63.9 Å². The lowest BCUT2D eigenvalue weighted by Gasteiger charge is -2.44. The van der Waals surface area contributed by atoms with Crippen molar-refractivity contribution in [1.29, 1.82) is 0 Å². The average Bonchev–Trinajstić information content (AvgIpc) is 2.90. The van der Waals surface area contributed by atoms with Gasteiger partial charge in [-0.1, -0.05) is 30.3 Å². The summed E-state index contributed by atoms with van der Waals surface area (Å²) in [5.74, 6) is 0.922. The summed E-state index contributed by atoms with van der Waals surface area (Å²) in [6, 6.07) is 18.8. The monoisotopic (exact) mass is 473 g/mol. The second-order valence-electron chi connectivity index (χ2n) is 9.34. The number of hydrogen-bond donors (Lipinski definition) is 2. The zero-order valence-corrected chi connectivity index (χ0v) is 19.7. The number of benzene rings is 2. The highest BCUT2D eigenvalue weighted by atomic mass is 16.5. The van der Waals surface area contributed by atoms with E-state index in [1.165, 1.54) is 0 Å². The van der Waals surface area contributed by atoms with E-state index in [9.17, 15) is 9.90 Å². The fourth-order valence-corrected chi connectivity index (χ4v) is 4.94. The zero-order valence-electron chi connectivity index (χ0n) is 19.7. The van der Waals surface area contributed by atoms with Gasteiger partial charge in [0.05, 0.1) is 17.6 Å². The Kier molecular flexibility index (Phi) is 6.55. The highest BCUT2D eigenvalue weighted by molar-refractivity contribution is 5.86. The number of aromatic hydroxyl groups is 1. The summed E-state index contributed by atoms with van der Waals surface area (Å²) in [5, 5.41) is 18.6. The van der Waals surface area contributed by atoms with Gasteiger partial charge < -0.3 is 25.4 Å². The summed E-state index contributed by atoms with van der Waals surface area (Å²) >= 11 is 0. The Morgan fingerprint density at radius 3 is 2.40 bits per heavy atom. The van der Waals surface area contributed by atoms with E-state index in [1.807, 2.05) is 53.4 Å². The highest BCUT2D eigenvalue weighted by Crippen LogP contribution is 2.35. The first-order chi connectivity index (χ1) is 17.0. The first kappa shape index (κ1) is 23.1. The summed E-state index contributed by atoms with van der Waals surface area (Å²) in [6.07, 6.45) is 4.46. The molecule has 8 heteroatoms. The van der Waals surface area contributed by atoms with Crippen molar-refractivity contribution in [3.63, 3.8) is 0 Å². The molecule has 0 atom stereocenters. The number of phenols is 1. The molecular weight excluding hydrogens is 442 g/mol. The minimum absolute atomic E-state index is 0.0515. The number of nitrogens with zero attached hydrogens (tertiary/aromatic N) is 4. The normalized spacial score (nSPS) is 18.3. The number of hydrogen-bond acceptors (Lipinski definition) is 7. The molecule has 5 rings (SSSR count). The first-order valence-electron chi connectivity index (χ1n) is 12.2. The van der Waals surface area contributed by atoms with Crippen LogP contribution in [0.3, 0.4) is 0 Å². The molecule has 0 aliphatic carbocycles. The van der Waals surface area contributed by atoms with Crippen LogP contribution in [0.25, 0.3) is 11.3 Å². The predicted molar refractivity (Wildman–Crippen MR) is 134 cm³/mol. The maximum atomic E-state index is 13.8. The number of aromatic nitrogens is 2. The van der Waals surface area contributed by atoms with E-state index < -0.39 is 5.60 Å². The van der Waals surface area contributed by atoms with E-state index in [4.69, 9.17) is 10.5 Å². The molecule has 0 spiro atoms. The van der Waals surface area contributed by atoms with Gasteiger partial charge in [-0.05, 0) is 43.2 Å². The number of likely N-dealkylation sites (tertiary alicyclic amines) is 1. The van der Waals surface area contributed by atoms with Gasteiger partial charge in [0.15, 0.2) is 5.60 Å². The lowest BCUT2D eigenvalue weighted by atomic mass is 9.88. The first-order valence-corrected chi connectivity index (χ1v) is 12.2. The molecule has 0 bridgehead atoms. The Bertz CT molecular complexity index is 1160. The van der Waals surface area contributed by atoms with Gasteiger partial charge in [-0.25, -0.2) is 0 Å². The van der Waals surface area contributed by atoms with Crippen LogP contribution in [0.15, 0.2) is 66.9 Å². The van der Waals surface area contributed by atoms with Gasteiger partial charge in [-0.3, -0.25) is 4.79 Å². The molecule has 0 saturated carbocycles. The number of amides is 1. The Labute approximate surface area is 205 Å². The highest BCUT2D eigenvalue weighted by Gasteiger charge is 2.46. The van der Waals surface area contributed by atoms with Crippen molar-refractivity contribution in [1.82, 2.24) is 15.1 Å². The number of anilines is 1. The zero-order chi connectivity index (χ0) is 24.3. The van der Waals surface area contributed by atoms with Crippen LogP contribution in [0.5, 0.6) is 11.5 Å². The number of carbonyl (C=O) groups excluding carboxylic acids is 1. The van der Waals surface area contributed by atoms with Gasteiger partial charge in [0, 0.05) is 50.6 Å². The molecule has 1 aromatic heterocycles. The smallest absolute Gasteiger partial charge is 0.266 e. The van der Waals surface area contributed by atoms with Gasteiger partial charge in [-0.2, -0.15) is 10.2 Å². The molecule has 3 N–H and O–H groups in total. The molecule has 2 aliphatic rings. The summed E-state index contributed by atoms with van der Waals surface area (Å²) < 4.78 is 6.47. The fraction of sp³-hybridized carbons (Fsp3) is 0.370. The SMILES string of the molecule is NC1CCN(C(=O)C2(Oc3ccccc3)CCN(c3cnnc(-c4ccccc4O)c3)CC2)CC1. The molecule has 2 aliphatic heterocycles. The van der Waals surface area contributed by atoms with Gasteiger partial charge >= 0.3 is 0 Å². The second kappa shape index (κ2) is 9.92. The van der Waals surface area contributed by atoms with Crippen molar-refractivity contribution in [3.05, 3.63) is 66.9 Å². The van der Waals surface area contributed by atoms with E-state index in [-0.39, 0.29) is 17.7 Å². The standard InChI is InChI=1S/C27H31N5O3/c28-20-10-14-32(15-11-20)26(34)27(35-22-6-2-1-3-7-22)12-16-31(17-13-27)21-18-24(30-29-19-21)23-8-4-5-9-25(23)33/h1-9,18-20,33H,10-17,28H2. The molecule has 2 saturated heterocycles. The molecule has 0 unspecified atom stereocenters. The number of piperidine rings is 2. The Balaban J connectivity index is 1.36. The van der Waals surface area contributed by atoms with E-state index in [0.29, 0.717) is 56.0 Å². The molecule has 8 nitrogen and oxygen atoms in total. The average molecular weight is 474 g/mol. The molecule has 2 aromatic carbocycles. The maximum absolute atomic E-state index is 13.8. The van der Waals surface area contributed by atoms with Crippen LogP contribution in [0.2, 0.25) is 0 Å². The van der Waals surface area contributed by atoms with E-state index in [2.05, 4.69) is 15.1 Å². The van der Waals surface area contributed by atoms with Crippen LogP contribution in [0.4, 0.5) is 5.69 Å². The minimum Gasteiger partial charge on any atom is -0.507 e. The minimum atomic E-state index is -0.916. The van der Waals surface area contributed by atoms with Crippen molar-refractivity contribution in [2.75, 3.05) is 31.1 Å². The summed E-state index contributed by atoms with van der Waals surface area (Å²) in [6.45, 7) is 2.61. The number of carbonyl (C=O) groups is 1. The third-order valence-electron chi connectivity index (χ3n) is 7.03. The largest absolute Gasteiger partial charge is 0.507 e. The molecule has 2 fully saturated rings. The topological polar surface area (TPSA) is 105 Å². The molecule has 182 valence electrons. The van der Waals surface area contributed by atoms with Crippen molar-refractivity contribution >= 4 is 11.6 Å². The van der Waals surface area contributed by atoms with E-state index in [1.54, 1.807) is 18.3 Å². The van der Waals surface area contributed by atoms with E-state index >= 15 is 0 Å². The molecular formula is C27H31N5O3. The summed E-state index contributed by atoms with van der Waals surface area (Å²) in [5.41, 5.74) is 7.31.